The second kappa shape index (κ2) is 10.6. The zero-order valence-corrected chi connectivity index (χ0v) is 22.1. The molecule has 0 aliphatic carbocycles. The van der Waals surface area contributed by atoms with Crippen molar-refractivity contribution in [2.45, 2.75) is 70.2 Å². The fourth-order valence-corrected chi connectivity index (χ4v) is 5.67. The number of amides is 1. The second-order valence-electron chi connectivity index (χ2n) is 9.76. The van der Waals surface area contributed by atoms with Gasteiger partial charge in [-0.05, 0) is 79.1 Å². The Kier molecular flexibility index (Phi) is 8.00. The van der Waals surface area contributed by atoms with Gasteiger partial charge in [0.05, 0.1) is 4.90 Å². The van der Waals surface area contributed by atoms with Crippen molar-refractivity contribution >= 4 is 21.4 Å². The van der Waals surface area contributed by atoms with Crippen molar-refractivity contribution in [3.63, 3.8) is 0 Å². The van der Waals surface area contributed by atoms with Crippen molar-refractivity contribution < 1.29 is 13.2 Å². The number of hydrogen-bond acceptors (Lipinski definition) is 4. The number of carbonyl (C=O) groups is 1. The topological polar surface area (TPSA) is 85.2 Å². The van der Waals surface area contributed by atoms with Crippen LogP contribution in [0.1, 0.15) is 56.0 Å². The summed E-state index contributed by atoms with van der Waals surface area (Å²) >= 11 is 0. The van der Waals surface area contributed by atoms with E-state index in [1.54, 1.807) is 44.2 Å². The van der Waals surface area contributed by atoms with Crippen molar-refractivity contribution in [2.75, 3.05) is 5.32 Å². The van der Waals surface area contributed by atoms with Crippen LogP contribution in [-0.4, -0.2) is 18.9 Å². The SMILES string of the molecule is Cc1cc(C)n(CC(=O)Nc2ccc(C(C)C)cc2)c(=O)c1S(=O)(=O)c1ccc(CC(C)C)cc1. The Bertz CT molecular complexity index is 1370. The minimum absolute atomic E-state index is 0.0651. The Labute approximate surface area is 207 Å². The van der Waals surface area contributed by atoms with E-state index in [-0.39, 0.29) is 16.3 Å². The van der Waals surface area contributed by atoms with Gasteiger partial charge < -0.3 is 9.88 Å². The third-order valence-corrected chi connectivity index (χ3v) is 7.88. The maximum Gasteiger partial charge on any atom is 0.270 e. The molecule has 7 heteroatoms. The molecule has 0 aliphatic heterocycles. The summed E-state index contributed by atoms with van der Waals surface area (Å²) in [7, 11) is -4.06. The Morgan fingerprint density at radius 1 is 0.943 bits per heavy atom. The number of benzene rings is 2. The van der Waals surface area contributed by atoms with E-state index in [2.05, 4.69) is 33.0 Å². The molecule has 0 atom stereocenters. The first-order chi connectivity index (χ1) is 16.4. The summed E-state index contributed by atoms with van der Waals surface area (Å²) in [5, 5.41) is 2.79. The van der Waals surface area contributed by atoms with Crippen LogP contribution in [0.15, 0.2) is 69.2 Å². The maximum atomic E-state index is 13.4. The van der Waals surface area contributed by atoms with Crippen molar-refractivity contribution in [1.82, 2.24) is 4.57 Å². The van der Waals surface area contributed by atoms with Crippen molar-refractivity contribution in [3.05, 3.63) is 87.3 Å². The standard InChI is InChI=1S/C28H34N2O4S/c1-18(2)15-22-7-13-25(14-8-22)35(33,34)27-20(5)16-21(6)30(28(27)32)17-26(31)29-24-11-9-23(10-12-24)19(3)4/h7-14,16,18-19H,15,17H2,1-6H3,(H,29,31). The van der Waals surface area contributed by atoms with Crippen LogP contribution < -0.4 is 10.9 Å². The average Bonchev–Trinajstić information content (AvgIpc) is 2.76. The molecule has 0 fully saturated rings. The first-order valence-corrected chi connectivity index (χ1v) is 13.3. The number of nitrogens with zero attached hydrogens (tertiary/aromatic N) is 1. The number of anilines is 1. The lowest BCUT2D eigenvalue weighted by atomic mass is 10.0. The molecular weight excluding hydrogens is 460 g/mol. The molecule has 0 spiro atoms. The third-order valence-electron chi connectivity index (χ3n) is 5.96. The molecule has 0 unspecified atom stereocenters. The molecule has 0 aliphatic rings. The van der Waals surface area contributed by atoms with Crippen LogP contribution in [0.25, 0.3) is 0 Å². The highest BCUT2D eigenvalue weighted by Crippen LogP contribution is 2.23. The summed E-state index contributed by atoms with van der Waals surface area (Å²) in [6.07, 6.45) is 0.839. The molecule has 186 valence electrons. The Morgan fingerprint density at radius 2 is 1.54 bits per heavy atom. The van der Waals surface area contributed by atoms with Crippen LogP contribution in [0.2, 0.25) is 0 Å². The molecule has 1 aromatic heterocycles. The maximum absolute atomic E-state index is 13.4. The molecule has 0 bridgehead atoms. The van der Waals surface area contributed by atoms with Gasteiger partial charge in [-0.3, -0.25) is 9.59 Å². The van der Waals surface area contributed by atoms with Crippen LogP contribution in [0.3, 0.4) is 0 Å². The number of hydrogen-bond donors (Lipinski definition) is 1. The summed E-state index contributed by atoms with van der Waals surface area (Å²) in [6.45, 7) is 11.4. The van der Waals surface area contributed by atoms with Crippen LogP contribution in [0.5, 0.6) is 0 Å². The molecule has 35 heavy (non-hydrogen) atoms. The number of sulfone groups is 1. The molecule has 0 radical (unpaired) electrons. The highest BCUT2D eigenvalue weighted by Gasteiger charge is 2.26. The highest BCUT2D eigenvalue weighted by molar-refractivity contribution is 7.91. The van der Waals surface area contributed by atoms with Gasteiger partial charge in [0, 0.05) is 11.4 Å². The lowest BCUT2D eigenvalue weighted by Gasteiger charge is -2.15. The van der Waals surface area contributed by atoms with Gasteiger partial charge in [-0.25, -0.2) is 8.42 Å². The number of aryl methyl sites for hydroxylation is 2. The fourth-order valence-electron chi connectivity index (χ4n) is 4.12. The predicted molar refractivity (Wildman–Crippen MR) is 140 cm³/mol. The van der Waals surface area contributed by atoms with Gasteiger partial charge in [0.25, 0.3) is 5.56 Å². The minimum Gasteiger partial charge on any atom is -0.325 e. The molecular formula is C28H34N2O4S. The van der Waals surface area contributed by atoms with Crippen LogP contribution in [-0.2, 0) is 27.6 Å². The van der Waals surface area contributed by atoms with Gasteiger partial charge in [0.1, 0.15) is 11.4 Å². The van der Waals surface area contributed by atoms with Crippen molar-refractivity contribution in [2.24, 2.45) is 5.92 Å². The quantitative estimate of drug-likeness (QED) is 0.463. The van der Waals surface area contributed by atoms with E-state index < -0.39 is 21.3 Å². The highest BCUT2D eigenvalue weighted by atomic mass is 32.2. The average molecular weight is 495 g/mol. The molecule has 3 rings (SSSR count). The van der Waals surface area contributed by atoms with E-state index >= 15 is 0 Å². The molecule has 2 aromatic carbocycles. The first kappa shape index (κ1) is 26.4. The Hall–Kier alpha value is -3.19. The van der Waals surface area contributed by atoms with E-state index in [9.17, 15) is 18.0 Å². The predicted octanol–water partition coefficient (Wildman–Crippen LogP) is 5.26. The number of nitrogens with one attached hydrogen (secondary N) is 1. The molecule has 3 aromatic rings. The zero-order chi connectivity index (χ0) is 25.9. The molecule has 1 N–H and O–H groups in total. The van der Waals surface area contributed by atoms with Gasteiger partial charge in [-0.2, -0.15) is 0 Å². The number of rotatable bonds is 8. The normalized spacial score (nSPS) is 11.8. The van der Waals surface area contributed by atoms with Crippen LogP contribution >= 0.6 is 0 Å². The lowest BCUT2D eigenvalue weighted by Crippen LogP contribution is -2.33. The van der Waals surface area contributed by atoms with E-state index in [1.807, 2.05) is 24.3 Å². The molecule has 1 amide bonds. The summed E-state index contributed by atoms with van der Waals surface area (Å²) < 4.78 is 28.1. The monoisotopic (exact) mass is 494 g/mol. The largest absolute Gasteiger partial charge is 0.325 e. The van der Waals surface area contributed by atoms with Crippen molar-refractivity contribution in [3.8, 4) is 0 Å². The summed E-state index contributed by atoms with van der Waals surface area (Å²) in [5.74, 6) is 0.418. The van der Waals surface area contributed by atoms with Gasteiger partial charge in [0.15, 0.2) is 0 Å². The number of pyridine rings is 1. The molecule has 1 heterocycles. The summed E-state index contributed by atoms with van der Waals surface area (Å²) in [6, 6.07) is 15.8. The second-order valence-corrected chi connectivity index (χ2v) is 11.6. The van der Waals surface area contributed by atoms with E-state index in [1.165, 1.54) is 4.57 Å². The first-order valence-electron chi connectivity index (χ1n) is 11.8. The van der Waals surface area contributed by atoms with E-state index in [4.69, 9.17) is 0 Å². The van der Waals surface area contributed by atoms with Gasteiger partial charge in [0.2, 0.25) is 15.7 Å². The van der Waals surface area contributed by atoms with Crippen LogP contribution in [0.4, 0.5) is 5.69 Å². The van der Waals surface area contributed by atoms with Gasteiger partial charge in [-0.1, -0.05) is 52.0 Å². The Balaban J connectivity index is 1.91. The Morgan fingerprint density at radius 3 is 2.09 bits per heavy atom. The fraction of sp³-hybridized carbons (Fsp3) is 0.357. The molecule has 6 nitrogen and oxygen atoms in total. The number of aromatic nitrogens is 1. The summed E-state index contributed by atoms with van der Waals surface area (Å²) in [4.78, 5) is 25.8. The number of carbonyl (C=O) groups excluding carboxylic acids is 1. The van der Waals surface area contributed by atoms with Crippen molar-refractivity contribution in [1.29, 1.82) is 0 Å². The smallest absolute Gasteiger partial charge is 0.270 e. The van der Waals surface area contributed by atoms with E-state index in [0.29, 0.717) is 28.8 Å². The molecule has 0 saturated heterocycles. The molecule has 0 saturated carbocycles. The lowest BCUT2D eigenvalue weighted by molar-refractivity contribution is -0.116. The third kappa shape index (κ3) is 6.09. The van der Waals surface area contributed by atoms with Gasteiger partial charge >= 0.3 is 0 Å². The zero-order valence-electron chi connectivity index (χ0n) is 21.3. The minimum atomic E-state index is -4.06. The van der Waals surface area contributed by atoms with Crippen LogP contribution in [0, 0.1) is 19.8 Å². The van der Waals surface area contributed by atoms with E-state index in [0.717, 1.165) is 17.5 Å². The van der Waals surface area contributed by atoms with Gasteiger partial charge in [-0.15, -0.1) is 0 Å². The summed E-state index contributed by atoms with van der Waals surface area (Å²) in [5.41, 5.74) is 2.99.